The van der Waals surface area contributed by atoms with Crippen molar-refractivity contribution in [2.24, 2.45) is 0 Å². The summed E-state index contributed by atoms with van der Waals surface area (Å²) in [5, 5.41) is -0.144. The maximum absolute atomic E-state index is 13.5. The molecule has 0 fully saturated rings. The van der Waals surface area contributed by atoms with E-state index in [0.717, 1.165) is 11.3 Å². The number of carbonyl (C=O) groups excluding carboxylic acids is 1. The van der Waals surface area contributed by atoms with Crippen LogP contribution in [0.2, 0.25) is 5.02 Å². The van der Waals surface area contributed by atoms with Gasteiger partial charge in [0.25, 0.3) is 5.91 Å². The second-order valence-corrected chi connectivity index (χ2v) is 5.03. The molecule has 0 bridgehead atoms. The van der Waals surface area contributed by atoms with Crippen LogP contribution < -0.4 is 10.6 Å². The van der Waals surface area contributed by atoms with Crippen molar-refractivity contribution in [3.63, 3.8) is 0 Å². The molecular formula is C15H12ClFN2O. The number of carbonyl (C=O) groups is 1. The summed E-state index contributed by atoms with van der Waals surface area (Å²) in [5.74, 6) is -0.900. The van der Waals surface area contributed by atoms with Crippen LogP contribution in [0.3, 0.4) is 0 Å². The van der Waals surface area contributed by atoms with E-state index in [0.29, 0.717) is 18.7 Å². The lowest BCUT2D eigenvalue weighted by molar-refractivity contribution is 0.0989. The topological polar surface area (TPSA) is 46.3 Å². The molecule has 5 heteroatoms. The maximum Gasteiger partial charge on any atom is 0.259 e. The van der Waals surface area contributed by atoms with Gasteiger partial charge in [-0.1, -0.05) is 23.7 Å². The molecule has 1 heterocycles. The van der Waals surface area contributed by atoms with E-state index in [1.807, 2.05) is 12.1 Å². The number of amides is 1. The Hall–Kier alpha value is -2.07. The van der Waals surface area contributed by atoms with Crippen LogP contribution in [-0.4, -0.2) is 12.5 Å². The lowest BCUT2D eigenvalue weighted by Gasteiger charge is -2.18. The first-order chi connectivity index (χ1) is 9.59. The van der Waals surface area contributed by atoms with Crippen LogP contribution in [0.15, 0.2) is 36.4 Å². The molecule has 0 radical (unpaired) electrons. The van der Waals surface area contributed by atoms with E-state index in [1.165, 1.54) is 18.2 Å². The molecular weight excluding hydrogens is 279 g/mol. The van der Waals surface area contributed by atoms with E-state index < -0.39 is 5.82 Å². The van der Waals surface area contributed by atoms with Crippen molar-refractivity contribution in [1.82, 2.24) is 0 Å². The monoisotopic (exact) mass is 290 g/mol. The van der Waals surface area contributed by atoms with Crippen LogP contribution >= 0.6 is 11.6 Å². The molecule has 2 aromatic carbocycles. The quantitative estimate of drug-likeness (QED) is 0.819. The van der Waals surface area contributed by atoms with Gasteiger partial charge >= 0.3 is 0 Å². The summed E-state index contributed by atoms with van der Waals surface area (Å²) in [7, 11) is 0. The first-order valence-electron chi connectivity index (χ1n) is 6.23. The molecule has 2 N–H and O–H groups in total. The first-order valence-corrected chi connectivity index (χ1v) is 6.60. The predicted molar refractivity (Wildman–Crippen MR) is 77.6 cm³/mol. The van der Waals surface area contributed by atoms with Crippen LogP contribution in [0.5, 0.6) is 0 Å². The number of nitrogen functional groups attached to an aromatic ring is 1. The summed E-state index contributed by atoms with van der Waals surface area (Å²) in [6.45, 7) is 0.523. The zero-order valence-corrected chi connectivity index (χ0v) is 11.3. The summed E-state index contributed by atoms with van der Waals surface area (Å²) < 4.78 is 13.5. The van der Waals surface area contributed by atoms with Gasteiger partial charge in [-0.2, -0.15) is 0 Å². The van der Waals surface area contributed by atoms with E-state index in [1.54, 1.807) is 11.0 Å². The Labute approximate surface area is 120 Å². The van der Waals surface area contributed by atoms with Gasteiger partial charge in [0, 0.05) is 23.5 Å². The van der Waals surface area contributed by atoms with Gasteiger partial charge in [-0.25, -0.2) is 4.39 Å². The fourth-order valence-corrected chi connectivity index (χ4v) is 2.69. The highest BCUT2D eigenvalue weighted by atomic mass is 35.5. The second kappa shape index (κ2) is 4.80. The van der Waals surface area contributed by atoms with E-state index in [2.05, 4.69) is 0 Å². The third-order valence-electron chi connectivity index (χ3n) is 3.49. The summed E-state index contributed by atoms with van der Waals surface area (Å²) in [6.07, 6.45) is 0.695. The Bertz CT molecular complexity index is 702. The van der Waals surface area contributed by atoms with Crippen LogP contribution in [0.4, 0.5) is 15.8 Å². The highest BCUT2D eigenvalue weighted by molar-refractivity contribution is 6.34. The van der Waals surface area contributed by atoms with E-state index in [-0.39, 0.29) is 16.5 Å². The number of benzene rings is 2. The molecule has 0 spiro atoms. The molecule has 2 aromatic rings. The van der Waals surface area contributed by atoms with Crippen molar-refractivity contribution in [3.05, 3.63) is 58.4 Å². The number of rotatable bonds is 1. The van der Waals surface area contributed by atoms with Crippen LogP contribution in [0.1, 0.15) is 15.9 Å². The minimum atomic E-state index is -0.593. The summed E-state index contributed by atoms with van der Waals surface area (Å²) in [6, 6.07) is 9.68. The molecule has 1 amide bonds. The molecule has 20 heavy (non-hydrogen) atoms. The minimum absolute atomic E-state index is 0.144. The standard InChI is InChI=1S/C15H12ClFN2O/c16-14-10(3-1-4-11(14)17)15(20)19-8-7-9-12(18)5-2-6-13(9)19/h1-6H,7-8,18H2. The first kappa shape index (κ1) is 12.9. The van der Waals surface area contributed by atoms with Gasteiger partial charge in [0.2, 0.25) is 0 Å². The molecule has 1 aliphatic heterocycles. The number of nitrogens with two attached hydrogens (primary N) is 1. The van der Waals surface area contributed by atoms with Crippen LogP contribution in [0.25, 0.3) is 0 Å². The summed E-state index contributed by atoms with van der Waals surface area (Å²) in [5.41, 5.74) is 8.47. The highest BCUT2D eigenvalue weighted by Gasteiger charge is 2.28. The largest absolute Gasteiger partial charge is 0.398 e. The van der Waals surface area contributed by atoms with E-state index >= 15 is 0 Å². The Morgan fingerprint density at radius 2 is 2.00 bits per heavy atom. The molecule has 0 aromatic heterocycles. The minimum Gasteiger partial charge on any atom is -0.398 e. The SMILES string of the molecule is Nc1cccc2c1CCN2C(=O)c1cccc(F)c1Cl. The number of hydrogen-bond acceptors (Lipinski definition) is 2. The van der Waals surface area contributed by atoms with Gasteiger partial charge in [-0.05, 0) is 30.7 Å². The Morgan fingerprint density at radius 1 is 1.25 bits per heavy atom. The number of halogens is 2. The average Bonchev–Trinajstić information content (AvgIpc) is 2.86. The number of fused-ring (bicyclic) bond motifs is 1. The molecule has 102 valence electrons. The molecule has 0 atom stereocenters. The Morgan fingerprint density at radius 3 is 2.80 bits per heavy atom. The lowest BCUT2D eigenvalue weighted by atomic mass is 10.1. The van der Waals surface area contributed by atoms with Crippen molar-refractivity contribution < 1.29 is 9.18 Å². The summed E-state index contributed by atoms with van der Waals surface area (Å²) >= 11 is 5.88. The Kier molecular flexibility index (Phi) is 3.10. The van der Waals surface area contributed by atoms with Gasteiger partial charge in [0.15, 0.2) is 0 Å². The third kappa shape index (κ3) is 1.93. The van der Waals surface area contributed by atoms with Gasteiger partial charge in [0.05, 0.1) is 10.6 Å². The van der Waals surface area contributed by atoms with Crippen molar-refractivity contribution >= 4 is 28.9 Å². The zero-order valence-electron chi connectivity index (χ0n) is 10.6. The fraction of sp³-hybridized carbons (Fsp3) is 0.133. The normalized spacial score (nSPS) is 13.4. The highest BCUT2D eigenvalue weighted by Crippen LogP contribution is 2.34. The maximum atomic E-state index is 13.5. The molecule has 0 unspecified atom stereocenters. The number of hydrogen-bond donors (Lipinski definition) is 1. The van der Waals surface area contributed by atoms with Gasteiger partial charge < -0.3 is 10.6 Å². The number of nitrogens with zero attached hydrogens (tertiary/aromatic N) is 1. The van der Waals surface area contributed by atoms with E-state index in [4.69, 9.17) is 17.3 Å². The number of anilines is 2. The van der Waals surface area contributed by atoms with Crippen molar-refractivity contribution in [1.29, 1.82) is 0 Å². The van der Waals surface area contributed by atoms with Crippen LogP contribution in [0, 0.1) is 5.82 Å². The lowest BCUT2D eigenvalue weighted by Crippen LogP contribution is -2.29. The molecule has 3 rings (SSSR count). The smallest absolute Gasteiger partial charge is 0.259 e. The van der Waals surface area contributed by atoms with Crippen molar-refractivity contribution in [2.75, 3.05) is 17.2 Å². The molecule has 3 nitrogen and oxygen atoms in total. The summed E-state index contributed by atoms with van der Waals surface area (Å²) in [4.78, 5) is 14.1. The van der Waals surface area contributed by atoms with Crippen molar-refractivity contribution in [2.45, 2.75) is 6.42 Å². The van der Waals surface area contributed by atoms with Crippen molar-refractivity contribution in [3.8, 4) is 0 Å². The predicted octanol–water partition coefficient (Wildman–Crippen LogP) is 3.26. The molecule has 1 aliphatic rings. The Balaban J connectivity index is 2.02. The second-order valence-electron chi connectivity index (χ2n) is 4.65. The van der Waals surface area contributed by atoms with E-state index in [9.17, 15) is 9.18 Å². The third-order valence-corrected chi connectivity index (χ3v) is 3.88. The van der Waals surface area contributed by atoms with Gasteiger partial charge in [-0.15, -0.1) is 0 Å². The average molecular weight is 291 g/mol. The zero-order chi connectivity index (χ0) is 14.3. The molecule has 0 saturated carbocycles. The van der Waals surface area contributed by atoms with Gasteiger partial charge in [-0.3, -0.25) is 4.79 Å². The van der Waals surface area contributed by atoms with Crippen LogP contribution in [-0.2, 0) is 6.42 Å². The fourth-order valence-electron chi connectivity index (χ4n) is 2.49. The van der Waals surface area contributed by atoms with Gasteiger partial charge in [0.1, 0.15) is 5.82 Å². The molecule has 0 aliphatic carbocycles. The molecule has 0 saturated heterocycles.